The molecule has 96 valence electrons. The van der Waals surface area contributed by atoms with Crippen LogP contribution in [0.15, 0.2) is 41.6 Å². The summed E-state index contributed by atoms with van der Waals surface area (Å²) < 4.78 is 26.3. The first kappa shape index (κ1) is 13.1. The van der Waals surface area contributed by atoms with Gasteiger partial charge in [-0.1, -0.05) is 28.1 Å². The quantitative estimate of drug-likeness (QED) is 0.825. The van der Waals surface area contributed by atoms with Crippen LogP contribution in [-0.2, 0) is 16.4 Å². The SMILES string of the molecule is O=S(=O)(Nc1ccc(CCBr)cc1)c1cn[nH]c1. The maximum absolute atomic E-state index is 11.9. The number of aromatic nitrogens is 2. The first-order chi connectivity index (χ1) is 8.62. The Hall–Kier alpha value is -1.34. The maximum Gasteiger partial charge on any atom is 0.265 e. The summed E-state index contributed by atoms with van der Waals surface area (Å²) in [6.07, 6.45) is 3.51. The van der Waals surface area contributed by atoms with E-state index >= 15 is 0 Å². The van der Waals surface area contributed by atoms with Crippen molar-refractivity contribution in [3.63, 3.8) is 0 Å². The van der Waals surface area contributed by atoms with E-state index in [1.165, 1.54) is 12.4 Å². The summed E-state index contributed by atoms with van der Waals surface area (Å²) in [4.78, 5) is 0.118. The smallest absolute Gasteiger partial charge is 0.265 e. The van der Waals surface area contributed by atoms with E-state index < -0.39 is 10.0 Å². The molecule has 0 bridgehead atoms. The fraction of sp³-hybridized carbons (Fsp3) is 0.182. The Morgan fingerprint density at radius 2 is 2.00 bits per heavy atom. The topological polar surface area (TPSA) is 74.8 Å². The molecule has 0 amide bonds. The van der Waals surface area contributed by atoms with Crippen LogP contribution in [0.3, 0.4) is 0 Å². The van der Waals surface area contributed by atoms with Crippen LogP contribution < -0.4 is 4.72 Å². The minimum Gasteiger partial charge on any atom is -0.284 e. The number of H-pyrrole nitrogens is 1. The largest absolute Gasteiger partial charge is 0.284 e. The van der Waals surface area contributed by atoms with Crippen molar-refractivity contribution in [1.29, 1.82) is 0 Å². The highest BCUT2D eigenvalue weighted by atomic mass is 79.9. The maximum atomic E-state index is 11.9. The molecule has 0 fully saturated rings. The van der Waals surface area contributed by atoms with Crippen LogP contribution in [0.1, 0.15) is 5.56 Å². The zero-order valence-corrected chi connectivity index (χ0v) is 11.8. The molecule has 0 aliphatic carbocycles. The summed E-state index contributed by atoms with van der Waals surface area (Å²) in [5.74, 6) is 0. The third kappa shape index (κ3) is 3.11. The average Bonchev–Trinajstić information content (AvgIpc) is 2.86. The molecule has 1 aromatic heterocycles. The van der Waals surface area contributed by atoms with Crippen molar-refractivity contribution < 1.29 is 8.42 Å². The first-order valence-corrected chi connectivity index (χ1v) is 7.89. The standard InChI is InChI=1S/C11H12BrN3O2S/c12-6-5-9-1-3-10(4-2-9)15-18(16,17)11-7-13-14-8-11/h1-4,7-8,15H,5-6H2,(H,13,14). The molecule has 1 heterocycles. The Morgan fingerprint density at radius 1 is 1.28 bits per heavy atom. The van der Waals surface area contributed by atoms with Gasteiger partial charge in [-0.25, -0.2) is 8.42 Å². The number of hydrogen-bond acceptors (Lipinski definition) is 3. The highest BCUT2D eigenvalue weighted by molar-refractivity contribution is 9.09. The number of aryl methyl sites for hydroxylation is 1. The van der Waals surface area contributed by atoms with Crippen LogP contribution in [0, 0.1) is 0 Å². The second-order valence-corrected chi connectivity index (χ2v) is 6.15. The van der Waals surface area contributed by atoms with Gasteiger partial charge in [0.1, 0.15) is 4.90 Å². The molecule has 0 aliphatic rings. The predicted octanol–water partition coefficient (Wildman–Crippen LogP) is 2.15. The van der Waals surface area contributed by atoms with Crippen LogP contribution in [-0.4, -0.2) is 23.9 Å². The van der Waals surface area contributed by atoms with E-state index in [-0.39, 0.29) is 4.90 Å². The van der Waals surface area contributed by atoms with Crippen molar-refractivity contribution in [3.05, 3.63) is 42.2 Å². The predicted molar refractivity (Wildman–Crippen MR) is 73.3 cm³/mol. The fourth-order valence-corrected chi connectivity index (χ4v) is 2.87. The second kappa shape index (κ2) is 5.53. The summed E-state index contributed by atoms with van der Waals surface area (Å²) in [6, 6.07) is 7.29. The number of sulfonamides is 1. The molecule has 5 nitrogen and oxygen atoms in total. The van der Waals surface area contributed by atoms with Crippen molar-refractivity contribution in [1.82, 2.24) is 10.2 Å². The molecule has 1 aromatic carbocycles. The molecule has 2 aromatic rings. The monoisotopic (exact) mass is 329 g/mol. The Balaban J connectivity index is 2.14. The van der Waals surface area contributed by atoms with Crippen molar-refractivity contribution in [2.45, 2.75) is 11.3 Å². The minimum atomic E-state index is -3.55. The zero-order valence-electron chi connectivity index (χ0n) is 9.43. The van der Waals surface area contributed by atoms with Gasteiger partial charge in [0.15, 0.2) is 0 Å². The fourth-order valence-electron chi connectivity index (χ4n) is 1.45. The minimum absolute atomic E-state index is 0.118. The molecular formula is C11H12BrN3O2S. The molecule has 0 aliphatic heterocycles. The van der Waals surface area contributed by atoms with Crippen LogP contribution in [0.25, 0.3) is 0 Å². The number of nitrogens with zero attached hydrogens (tertiary/aromatic N) is 1. The van der Waals surface area contributed by atoms with Crippen molar-refractivity contribution >= 4 is 31.6 Å². The number of rotatable bonds is 5. The lowest BCUT2D eigenvalue weighted by Gasteiger charge is -2.06. The Labute approximate surface area is 114 Å². The summed E-state index contributed by atoms with van der Waals surface area (Å²) in [7, 11) is -3.55. The lowest BCUT2D eigenvalue weighted by molar-refractivity contribution is 0.601. The van der Waals surface area contributed by atoms with E-state index in [4.69, 9.17) is 0 Å². The van der Waals surface area contributed by atoms with Gasteiger partial charge in [0.25, 0.3) is 10.0 Å². The molecule has 0 saturated carbocycles. The molecule has 0 atom stereocenters. The highest BCUT2D eigenvalue weighted by Crippen LogP contribution is 2.16. The Morgan fingerprint density at radius 3 is 2.56 bits per heavy atom. The Kier molecular flexibility index (Phi) is 4.03. The summed E-state index contributed by atoms with van der Waals surface area (Å²) in [5, 5.41) is 6.97. The number of alkyl halides is 1. The summed E-state index contributed by atoms with van der Waals surface area (Å²) in [5.41, 5.74) is 1.69. The van der Waals surface area contributed by atoms with E-state index in [1.807, 2.05) is 12.1 Å². The van der Waals surface area contributed by atoms with Gasteiger partial charge >= 0.3 is 0 Å². The summed E-state index contributed by atoms with van der Waals surface area (Å²) >= 11 is 3.36. The van der Waals surface area contributed by atoms with Crippen molar-refractivity contribution in [2.24, 2.45) is 0 Å². The van der Waals surface area contributed by atoms with Crippen molar-refractivity contribution in [3.8, 4) is 0 Å². The molecule has 0 spiro atoms. The number of halogens is 1. The van der Waals surface area contributed by atoms with E-state index in [9.17, 15) is 8.42 Å². The molecule has 7 heteroatoms. The molecule has 0 radical (unpaired) electrons. The average molecular weight is 330 g/mol. The lowest BCUT2D eigenvalue weighted by atomic mass is 10.2. The van der Waals surface area contributed by atoms with Gasteiger partial charge in [0, 0.05) is 17.2 Å². The normalized spacial score (nSPS) is 11.4. The highest BCUT2D eigenvalue weighted by Gasteiger charge is 2.14. The van der Waals surface area contributed by atoms with Gasteiger partial charge in [-0.15, -0.1) is 0 Å². The van der Waals surface area contributed by atoms with E-state index in [0.717, 1.165) is 17.3 Å². The van der Waals surface area contributed by atoms with Gasteiger partial charge < -0.3 is 0 Å². The van der Waals surface area contributed by atoms with Crippen LogP contribution in [0.5, 0.6) is 0 Å². The zero-order chi connectivity index (χ0) is 13.0. The third-order valence-corrected chi connectivity index (χ3v) is 4.12. The van der Waals surface area contributed by atoms with Crippen molar-refractivity contribution in [2.75, 3.05) is 10.1 Å². The lowest BCUT2D eigenvalue weighted by Crippen LogP contribution is -2.12. The number of hydrogen-bond donors (Lipinski definition) is 2. The molecule has 2 rings (SSSR count). The molecular weight excluding hydrogens is 318 g/mol. The number of anilines is 1. The molecule has 0 unspecified atom stereocenters. The Bertz CT molecular complexity index is 594. The van der Waals surface area contributed by atoms with Gasteiger partial charge in [0.05, 0.1) is 6.20 Å². The number of nitrogens with one attached hydrogen (secondary N) is 2. The van der Waals surface area contributed by atoms with Crippen LogP contribution in [0.4, 0.5) is 5.69 Å². The van der Waals surface area contributed by atoms with Gasteiger partial charge in [-0.3, -0.25) is 9.82 Å². The second-order valence-electron chi connectivity index (χ2n) is 3.68. The van der Waals surface area contributed by atoms with E-state index in [0.29, 0.717) is 5.69 Å². The van der Waals surface area contributed by atoms with E-state index in [2.05, 4.69) is 30.8 Å². The first-order valence-electron chi connectivity index (χ1n) is 5.28. The molecule has 0 saturated heterocycles. The number of aromatic amines is 1. The van der Waals surface area contributed by atoms with Crippen LogP contribution >= 0.6 is 15.9 Å². The molecule has 18 heavy (non-hydrogen) atoms. The van der Waals surface area contributed by atoms with E-state index in [1.54, 1.807) is 12.1 Å². The number of benzene rings is 1. The summed E-state index contributed by atoms with van der Waals surface area (Å²) in [6.45, 7) is 0. The van der Waals surface area contributed by atoms with Gasteiger partial charge in [-0.2, -0.15) is 5.10 Å². The van der Waals surface area contributed by atoms with Gasteiger partial charge in [-0.05, 0) is 24.1 Å². The van der Waals surface area contributed by atoms with Crippen LogP contribution in [0.2, 0.25) is 0 Å². The molecule has 2 N–H and O–H groups in total. The van der Waals surface area contributed by atoms with Gasteiger partial charge in [0.2, 0.25) is 0 Å². The third-order valence-electron chi connectivity index (χ3n) is 2.37.